The van der Waals surface area contributed by atoms with Gasteiger partial charge in [0.05, 0.1) is 28.6 Å². The molecular formula is C15H26ClN3O. The second-order valence-corrected chi connectivity index (χ2v) is 6.12. The molecule has 0 spiro atoms. The topological polar surface area (TPSA) is 39.1 Å². The highest BCUT2D eigenvalue weighted by Gasteiger charge is 2.40. The van der Waals surface area contributed by atoms with Gasteiger partial charge in [-0.3, -0.25) is 4.68 Å². The van der Waals surface area contributed by atoms with Crippen LogP contribution in [0, 0.1) is 0 Å². The summed E-state index contributed by atoms with van der Waals surface area (Å²) >= 11 is 6.41. The molecule has 5 heteroatoms. The molecule has 1 aliphatic rings. The van der Waals surface area contributed by atoms with Crippen molar-refractivity contribution in [3.05, 3.63) is 16.9 Å². The van der Waals surface area contributed by atoms with Crippen molar-refractivity contribution in [1.29, 1.82) is 0 Å². The Morgan fingerprint density at radius 3 is 2.90 bits per heavy atom. The van der Waals surface area contributed by atoms with Gasteiger partial charge < -0.3 is 10.1 Å². The van der Waals surface area contributed by atoms with Crippen LogP contribution in [0.5, 0.6) is 0 Å². The predicted octanol–water partition coefficient (Wildman–Crippen LogP) is 3.56. The number of rotatable bonds is 6. The lowest BCUT2D eigenvalue weighted by molar-refractivity contribution is -0.0911. The Morgan fingerprint density at radius 1 is 1.50 bits per heavy atom. The number of aromatic nitrogens is 2. The Labute approximate surface area is 126 Å². The molecule has 114 valence electrons. The van der Waals surface area contributed by atoms with E-state index in [-0.39, 0.29) is 11.6 Å². The first-order valence-corrected chi connectivity index (χ1v) is 8.08. The second-order valence-electron chi connectivity index (χ2n) is 5.71. The summed E-state index contributed by atoms with van der Waals surface area (Å²) in [5.41, 5.74) is 0.864. The van der Waals surface area contributed by atoms with Crippen molar-refractivity contribution in [2.75, 3.05) is 13.2 Å². The van der Waals surface area contributed by atoms with Gasteiger partial charge in [0.2, 0.25) is 0 Å². The average molecular weight is 300 g/mol. The van der Waals surface area contributed by atoms with Crippen molar-refractivity contribution in [3.8, 4) is 0 Å². The van der Waals surface area contributed by atoms with Gasteiger partial charge in [0.15, 0.2) is 0 Å². The van der Waals surface area contributed by atoms with Gasteiger partial charge in [-0.15, -0.1) is 0 Å². The lowest BCUT2D eigenvalue weighted by Crippen LogP contribution is -2.47. The number of aryl methyl sites for hydroxylation is 1. The molecule has 0 amide bonds. The Morgan fingerprint density at radius 2 is 2.30 bits per heavy atom. The smallest absolute Gasteiger partial charge is 0.0864 e. The Kier molecular flexibility index (Phi) is 5.47. The second kappa shape index (κ2) is 6.92. The third-order valence-corrected chi connectivity index (χ3v) is 4.35. The van der Waals surface area contributed by atoms with Gasteiger partial charge in [0.1, 0.15) is 0 Å². The fourth-order valence-corrected chi connectivity index (χ4v) is 3.29. The number of nitrogens with zero attached hydrogens (tertiary/aromatic N) is 2. The molecular weight excluding hydrogens is 274 g/mol. The average Bonchev–Trinajstić information content (AvgIpc) is 2.78. The molecule has 0 aromatic carbocycles. The lowest BCUT2D eigenvalue weighted by atomic mass is 9.86. The third-order valence-electron chi connectivity index (χ3n) is 4.06. The molecule has 0 bridgehead atoms. The molecule has 2 rings (SSSR count). The highest BCUT2D eigenvalue weighted by molar-refractivity contribution is 6.31. The summed E-state index contributed by atoms with van der Waals surface area (Å²) in [5.74, 6) is 0. The van der Waals surface area contributed by atoms with E-state index in [4.69, 9.17) is 16.3 Å². The summed E-state index contributed by atoms with van der Waals surface area (Å²) in [7, 11) is 0. The largest absolute Gasteiger partial charge is 0.373 e. The zero-order valence-corrected chi connectivity index (χ0v) is 13.5. The summed E-state index contributed by atoms with van der Waals surface area (Å²) in [6.07, 6.45) is 6.21. The summed E-state index contributed by atoms with van der Waals surface area (Å²) in [4.78, 5) is 0. The molecule has 1 aromatic heterocycles. The zero-order chi connectivity index (χ0) is 14.6. The van der Waals surface area contributed by atoms with Crippen LogP contribution in [0.15, 0.2) is 6.20 Å². The van der Waals surface area contributed by atoms with E-state index in [0.29, 0.717) is 0 Å². The van der Waals surface area contributed by atoms with E-state index in [1.807, 2.05) is 4.68 Å². The highest BCUT2D eigenvalue weighted by Crippen LogP contribution is 2.39. The lowest BCUT2D eigenvalue weighted by Gasteiger charge is -2.41. The van der Waals surface area contributed by atoms with Crippen LogP contribution in [0.3, 0.4) is 0 Å². The van der Waals surface area contributed by atoms with Gasteiger partial charge in [-0.2, -0.15) is 5.10 Å². The van der Waals surface area contributed by atoms with Crippen LogP contribution in [-0.2, 0) is 11.3 Å². The van der Waals surface area contributed by atoms with Crippen LogP contribution < -0.4 is 5.32 Å². The minimum absolute atomic E-state index is 0.0920. The van der Waals surface area contributed by atoms with Crippen LogP contribution in [0.2, 0.25) is 5.02 Å². The van der Waals surface area contributed by atoms with Crippen LogP contribution in [0.25, 0.3) is 0 Å². The van der Waals surface area contributed by atoms with E-state index < -0.39 is 0 Å². The first kappa shape index (κ1) is 15.8. The molecule has 2 atom stereocenters. The van der Waals surface area contributed by atoms with E-state index in [1.54, 1.807) is 6.20 Å². The SMILES string of the molecule is CCCn1ncc(Cl)c1C(NCC)C1(C)CCCCO1. The van der Waals surface area contributed by atoms with Gasteiger partial charge in [-0.25, -0.2) is 0 Å². The number of likely N-dealkylation sites (N-methyl/N-ethyl adjacent to an activating group) is 1. The van der Waals surface area contributed by atoms with Crippen molar-refractivity contribution in [3.63, 3.8) is 0 Å². The summed E-state index contributed by atoms with van der Waals surface area (Å²) in [6, 6.07) is 0.0920. The standard InChI is InChI=1S/C15H26ClN3O/c1-4-9-19-13(12(16)11-18-19)14(17-5-2)15(3)8-6-7-10-20-15/h11,14,17H,4-10H2,1-3H3. The summed E-state index contributed by atoms with van der Waals surface area (Å²) in [6.45, 7) is 9.07. The Bertz CT molecular complexity index is 427. The minimum Gasteiger partial charge on any atom is -0.373 e. The van der Waals surface area contributed by atoms with E-state index in [2.05, 4.69) is 31.2 Å². The fourth-order valence-electron chi connectivity index (χ4n) is 3.04. The van der Waals surface area contributed by atoms with Crippen molar-refractivity contribution in [2.24, 2.45) is 0 Å². The van der Waals surface area contributed by atoms with E-state index >= 15 is 0 Å². The predicted molar refractivity (Wildman–Crippen MR) is 82.2 cm³/mol. The van der Waals surface area contributed by atoms with Gasteiger partial charge in [-0.1, -0.05) is 25.4 Å². The molecule has 0 aliphatic carbocycles. The molecule has 2 heterocycles. The highest BCUT2D eigenvalue weighted by atomic mass is 35.5. The van der Waals surface area contributed by atoms with Gasteiger partial charge in [-0.05, 0) is 39.2 Å². The minimum atomic E-state index is -0.205. The Hall–Kier alpha value is -0.580. The number of ether oxygens (including phenoxy) is 1. The molecule has 0 saturated carbocycles. The van der Waals surface area contributed by atoms with Crippen molar-refractivity contribution < 1.29 is 4.74 Å². The number of nitrogens with one attached hydrogen (secondary N) is 1. The molecule has 4 nitrogen and oxygen atoms in total. The first-order chi connectivity index (χ1) is 9.62. The molecule has 20 heavy (non-hydrogen) atoms. The van der Waals surface area contributed by atoms with Crippen LogP contribution >= 0.6 is 11.6 Å². The van der Waals surface area contributed by atoms with Gasteiger partial charge >= 0.3 is 0 Å². The van der Waals surface area contributed by atoms with Crippen LogP contribution in [-0.4, -0.2) is 28.5 Å². The summed E-state index contributed by atoms with van der Waals surface area (Å²) in [5, 5.41) is 8.72. The third kappa shape index (κ3) is 3.18. The monoisotopic (exact) mass is 299 g/mol. The van der Waals surface area contributed by atoms with Gasteiger partial charge in [0, 0.05) is 13.2 Å². The Balaban J connectivity index is 2.34. The maximum absolute atomic E-state index is 6.41. The maximum Gasteiger partial charge on any atom is 0.0864 e. The van der Waals surface area contributed by atoms with Gasteiger partial charge in [0.25, 0.3) is 0 Å². The van der Waals surface area contributed by atoms with E-state index in [0.717, 1.165) is 49.7 Å². The molecule has 0 radical (unpaired) electrons. The van der Waals surface area contributed by atoms with Crippen molar-refractivity contribution in [2.45, 2.75) is 64.6 Å². The van der Waals surface area contributed by atoms with Crippen LogP contribution in [0.1, 0.15) is 58.2 Å². The normalized spacial score (nSPS) is 24.8. The van der Waals surface area contributed by atoms with Crippen molar-refractivity contribution >= 4 is 11.6 Å². The number of hydrogen-bond donors (Lipinski definition) is 1. The number of hydrogen-bond acceptors (Lipinski definition) is 3. The molecule has 1 aliphatic heterocycles. The molecule has 1 N–H and O–H groups in total. The first-order valence-electron chi connectivity index (χ1n) is 7.71. The fraction of sp³-hybridized carbons (Fsp3) is 0.800. The van der Waals surface area contributed by atoms with Crippen molar-refractivity contribution in [1.82, 2.24) is 15.1 Å². The zero-order valence-electron chi connectivity index (χ0n) is 12.8. The van der Waals surface area contributed by atoms with E-state index in [9.17, 15) is 0 Å². The summed E-state index contributed by atoms with van der Waals surface area (Å²) < 4.78 is 8.16. The molecule has 1 aromatic rings. The van der Waals surface area contributed by atoms with E-state index in [1.165, 1.54) is 6.42 Å². The quantitative estimate of drug-likeness (QED) is 0.873. The maximum atomic E-state index is 6.41. The molecule has 2 unspecified atom stereocenters. The van der Waals surface area contributed by atoms with Crippen LogP contribution in [0.4, 0.5) is 0 Å². The molecule has 1 fully saturated rings. The molecule has 1 saturated heterocycles. The number of halogens is 1.